The van der Waals surface area contributed by atoms with Crippen LogP contribution in [0, 0.1) is 11.3 Å². The number of nitrogens with zero attached hydrogens (tertiary/aromatic N) is 3. The highest BCUT2D eigenvalue weighted by Crippen LogP contribution is 2.30. The Kier molecular flexibility index (Phi) is 6.62. The molecule has 0 fully saturated rings. The lowest BCUT2D eigenvalue weighted by Gasteiger charge is -2.08. The van der Waals surface area contributed by atoms with E-state index in [9.17, 15) is 4.79 Å². The van der Waals surface area contributed by atoms with Crippen LogP contribution in [0.25, 0.3) is 0 Å². The van der Waals surface area contributed by atoms with Gasteiger partial charge in [0.15, 0.2) is 4.34 Å². The van der Waals surface area contributed by atoms with E-state index in [1.807, 2.05) is 13.0 Å². The second-order valence-corrected chi connectivity index (χ2v) is 9.67. The number of nitriles is 1. The van der Waals surface area contributed by atoms with Gasteiger partial charge in [-0.1, -0.05) is 29.2 Å². The van der Waals surface area contributed by atoms with Gasteiger partial charge in [-0.15, -0.1) is 32.9 Å². The fraction of sp³-hybridized carbons (Fsp3) is 0.250. The molecule has 10 heteroatoms. The summed E-state index contributed by atoms with van der Waals surface area (Å²) in [6, 6.07) is 7.91. The number of nitrogens with one attached hydrogen (secondary N) is 2. The average molecular weight is 422 g/mol. The van der Waals surface area contributed by atoms with Gasteiger partial charge in [0.25, 0.3) is 0 Å². The highest BCUT2D eigenvalue weighted by atomic mass is 32.2. The van der Waals surface area contributed by atoms with Gasteiger partial charge in [-0.3, -0.25) is 4.79 Å². The first kappa shape index (κ1) is 18.8. The molecule has 0 saturated carbocycles. The lowest BCUT2D eigenvalue weighted by molar-refractivity contribution is -0.115. The van der Waals surface area contributed by atoms with Crippen LogP contribution in [0.2, 0.25) is 0 Å². The number of rotatable bonds is 8. The lowest BCUT2D eigenvalue weighted by atomic mass is 10.3. The Bertz CT molecular complexity index is 896. The van der Waals surface area contributed by atoms with Gasteiger partial charge < -0.3 is 10.6 Å². The normalized spacial score (nSPS) is 11.7. The Morgan fingerprint density at radius 1 is 1.35 bits per heavy atom. The molecule has 0 radical (unpaired) electrons. The van der Waals surface area contributed by atoms with E-state index in [2.05, 4.69) is 38.3 Å². The predicted molar refractivity (Wildman–Crippen MR) is 109 cm³/mol. The molecule has 1 unspecified atom stereocenters. The molecule has 0 aliphatic carbocycles. The molecule has 1 atom stereocenters. The highest BCUT2D eigenvalue weighted by Gasteiger charge is 2.19. The SMILES string of the molecule is CC(Sc1nnc(NCCc2cccs2)s1)C(=O)Nc1sccc1C#N. The molecular formula is C16H15N5OS4. The van der Waals surface area contributed by atoms with Gasteiger partial charge in [0, 0.05) is 11.4 Å². The molecule has 3 aromatic rings. The van der Waals surface area contributed by atoms with E-state index in [1.54, 1.807) is 22.8 Å². The maximum absolute atomic E-state index is 12.3. The molecule has 0 aliphatic heterocycles. The molecule has 3 aromatic heterocycles. The molecule has 26 heavy (non-hydrogen) atoms. The topological polar surface area (TPSA) is 90.7 Å². The van der Waals surface area contributed by atoms with Crippen LogP contribution in [0.3, 0.4) is 0 Å². The quantitative estimate of drug-likeness (QED) is 0.527. The number of hydrogen-bond donors (Lipinski definition) is 2. The molecule has 3 rings (SSSR count). The first-order valence-corrected chi connectivity index (χ1v) is 11.2. The minimum Gasteiger partial charge on any atom is -0.360 e. The van der Waals surface area contributed by atoms with E-state index in [-0.39, 0.29) is 11.2 Å². The van der Waals surface area contributed by atoms with Gasteiger partial charge in [-0.05, 0) is 36.2 Å². The number of carbonyl (C=O) groups excluding carboxylic acids is 1. The number of thioether (sulfide) groups is 1. The molecule has 0 aromatic carbocycles. The summed E-state index contributed by atoms with van der Waals surface area (Å²) in [4.78, 5) is 13.6. The van der Waals surface area contributed by atoms with Crippen molar-refractivity contribution in [1.82, 2.24) is 10.2 Å². The maximum Gasteiger partial charge on any atom is 0.238 e. The van der Waals surface area contributed by atoms with Crippen LogP contribution < -0.4 is 10.6 Å². The lowest BCUT2D eigenvalue weighted by Crippen LogP contribution is -2.22. The van der Waals surface area contributed by atoms with Crippen molar-refractivity contribution in [3.63, 3.8) is 0 Å². The van der Waals surface area contributed by atoms with Crippen molar-refractivity contribution >= 4 is 61.8 Å². The third kappa shape index (κ3) is 5.04. The van der Waals surface area contributed by atoms with Gasteiger partial charge in [0.05, 0.1) is 10.8 Å². The van der Waals surface area contributed by atoms with Gasteiger partial charge in [-0.25, -0.2) is 0 Å². The zero-order valence-corrected chi connectivity index (χ0v) is 17.0. The van der Waals surface area contributed by atoms with E-state index < -0.39 is 0 Å². The number of carbonyl (C=O) groups is 1. The molecule has 134 valence electrons. The molecule has 3 heterocycles. The van der Waals surface area contributed by atoms with E-state index in [0.29, 0.717) is 10.6 Å². The van der Waals surface area contributed by atoms with Gasteiger partial charge in [0.1, 0.15) is 11.1 Å². The molecule has 0 aliphatic rings. The molecule has 0 saturated heterocycles. The molecule has 1 amide bonds. The standard InChI is InChI=1S/C16H15N5OS4/c1-10(13(22)19-14-11(9-17)5-8-24-14)25-16-21-20-15(26-16)18-6-4-12-3-2-7-23-12/h2-3,5,7-8,10H,4,6H2,1H3,(H,18,20)(H,19,22). The summed E-state index contributed by atoms with van der Waals surface area (Å²) in [5.41, 5.74) is 0.480. The van der Waals surface area contributed by atoms with Crippen molar-refractivity contribution < 1.29 is 4.79 Å². The van der Waals surface area contributed by atoms with Crippen LogP contribution in [0.5, 0.6) is 0 Å². The first-order valence-electron chi connectivity index (χ1n) is 7.70. The Hall–Kier alpha value is -1.93. The van der Waals surface area contributed by atoms with Crippen LogP contribution >= 0.6 is 45.8 Å². The number of aromatic nitrogens is 2. The van der Waals surface area contributed by atoms with Gasteiger partial charge in [-0.2, -0.15) is 5.26 Å². The summed E-state index contributed by atoms with van der Waals surface area (Å²) in [6.45, 7) is 2.61. The second kappa shape index (κ2) is 9.14. The van der Waals surface area contributed by atoms with Crippen molar-refractivity contribution in [2.75, 3.05) is 17.2 Å². The number of hydrogen-bond acceptors (Lipinski definition) is 9. The Morgan fingerprint density at radius 2 is 2.23 bits per heavy atom. The van der Waals surface area contributed by atoms with Crippen molar-refractivity contribution in [1.29, 1.82) is 5.26 Å². The van der Waals surface area contributed by atoms with Crippen molar-refractivity contribution in [2.24, 2.45) is 0 Å². The molecule has 0 spiro atoms. The number of anilines is 2. The van der Waals surface area contributed by atoms with Crippen LogP contribution in [0.1, 0.15) is 17.4 Å². The van der Waals surface area contributed by atoms with Crippen LogP contribution in [-0.2, 0) is 11.2 Å². The summed E-state index contributed by atoms with van der Waals surface area (Å²) >= 11 is 5.87. The fourth-order valence-corrected chi connectivity index (χ4v) is 5.36. The minimum atomic E-state index is -0.337. The van der Waals surface area contributed by atoms with Crippen LogP contribution in [0.4, 0.5) is 10.1 Å². The van der Waals surface area contributed by atoms with E-state index in [0.717, 1.165) is 22.4 Å². The third-order valence-electron chi connectivity index (χ3n) is 3.30. The van der Waals surface area contributed by atoms with E-state index >= 15 is 0 Å². The highest BCUT2D eigenvalue weighted by molar-refractivity contribution is 8.02. The van der Waals surface area contributed by atoms with Crippen molar-refractivity contribution in [3.8, 4) is 6.07 Å². The Balaban J connectivity index is 1.48. The van der Waals surface area contributed by atoms with Crippen LogP contribution in [0.15, 0.2) is 33.3 Å². The molecular weight excluding hydrogens is 406 g/mol. The van der Waals surface area contributed by atoms with Crippen molar-refractivity contribution in [2.45, 2.75) is 22.9 Å². The maximum atomic E-state index is 12.3. The summed E-state index contributed by atoms with van der Waals surface area (Å²) in [5, 5.41) is 28.2. The second-order valence-electron chi connectivity index (χ2n) is 5.15. The largest absolute Gasteiger partial charge is 0.360 e. The summed E-state index contributed by atoms with van der Waals surface area (Å²) < 4.78 is 0.734. The molecule has 6 nitrogen and oxygen atoms in total. The Labute approximate surface area is 167 Å². The minimum absolute atomic E-state index is 0.156. The van der Waals surface area contributed by atoms with E-state index in [4.69, 9.17) is 5.26 Å². The summed E-state index contributed by atoms with van der Waals surface area (Å²) in [5.74, 6) is -0.156. The zero-order chi connectivity index (χ0) is 18.4. The van der Waals surface area contributed by atoms with Gasteiger partial charge >= 0.3 is 0 Å². The van der Waals surface area contributed by atoms with Gasteiger partial charge in [0.2, 0.25) is 11.0 Å². The average Bonchev–Trinajstić information content (AvgIpc) is 3.37. The monoisotopic (exact) mass is 421 g/mol. The molecule has 0 bridgehead atoms. The summed E-state index contributed by atoms with van der Waals surface area (Å²) in [7, 11) is 0. The fourth-order valence-electron chi connectivity index (χ4n) is 1.99. The zero-order valence-electron chi connectivity index (χ0n) is 13.8. The van der Waals surface area contributed by atoms with E-state index in [1.165, 1.54) is 39.3 Å². The van der Waals surface area contributed by atoms with Crippen molar-refractivity contribution in [3.05, 3.63) is 39.4 Å². The molecule has 2 N–H and O–H groups in total. The number of thiophene rings is 2. The third-order valence-corrected chi connectivity index (χ3v) is 7.13. The predicted octanol–water partition coefficient (Wildman–Crippen LogP) is 4.31. The van der Waals surface area contributed by atoms with Crippen LogP contribution in [-0.4, -0.2) is 27.9 Å². The first-order chi connectivity index (χ1) is 12.7. The number of amides is 1. The summed E-state index contributed by atoms with van der Waals surface area (Å²) in [6.07, 6.45) is 0.945. The Morgan fingerprint density at radius 3 is 3.00 bits per heavy atom. The smallest absolute Gasteiger partial charge is 0.238 e.